The highest BCUT2D eigenvalue weighted by Crippen LogP contribution is 2.10. The smallest absolute Gasteiger partial charge is 0.292 e. The largest absolute Gasteiger partial charge is 0.330 e. The number of nitrogens with one attached hydrogen (secondary N) is 1. The number of aromatic nitrogens is 4. The summed E-state index contributed by atoms with van der Waals surface area (Å²) in [7, 11) is 3.31. The predicted molar refractivity (Wildman–Crippen MR) is 64.6 cm³/mol. The van der Waals surface area contributed by atoms with Crippen LogP contribution < -0.4 is 5.32 Å². The van der Waals surface area contributed by atoms with Crippen LogP contribution in [0.3, 0.4) is 0 Å². The summed E-state index contributed by atoms with van der Waals surface area (Å²) < 4.78 is 3.01. The van der Waals surface area contributed by atoms with Crippen molar-refractivity contribution in [3.05, 3.63) is 30.2 Å². The molecule has 2 rings (SSSR count). The van der Waals surface area contributed by atoms with Gasteiger partial charge in [0.25, 0.3) is 11.1 Å². The third-order valence-electron chi connectivity index (χ3n) is 2.32. The number of hydrogen-bond acceptors (Lipinski definition) is 4. The van der Waals surface area contributed by atoms with Crippen LogP contribution in [-0.4, -0.2) is 30.3 Å². The molecular weight excluding hydrogens is 258 g/mol. The molecule has 2 heterocycles. The molecule has 2 aromatic heterocycles. The summed E-state index contributed by atoms with van der Waals surface area (Å²) in [5.74, 6) is 0.148. The molecule has 1 N–H and O–H groups in total. The molecule has 0 aliphatic rings. The van der Waals surface area contributed by atoms with E-state index in [1.807, 2.05) is 0 Å². The Morgan fingerprint density at radius 1 is 1.28 bits per heavy atom. The zero-order valence-corrected chi connectivity index (χ0v) is 10.5. The minimum atomic E-state index is -0.685. The number of halogens is 1. The molecule has 0 aliphatic carbocycles. The molecule has 0 atom stereocenters. The third-order valence-corrected chi connectivity index (χ3v) is 2.49. The Kier molecular flexibility index (Phi) is 3.15. The molecule has 0 aliphatic heterocycles. The van der Waals surface area contributed by atoms with E-state index in [0.29, 0.717) is 0 Å². The molecule has 7 nitrogen and oxygen atoms in total. The minimum absolute atomic E-state index is 0.0619. The second-order valence-corrected chi connectivity index (χ2v) is 3.99. The lowest BCUT2D eigenvalue weighted by Gasteiger charge is -2.00. The van der Waals surface area contributed by atoms with Crippen molar-refractivity contribution in [1.82, 2.24) is 19.1 Å². The normalized spacial score (nSPS) is 10.4. The van der Waals surface area contributed by atoms with Crippen LogP contribution in [0.1, 0.15) is 21.2 Å². The summed E-state index contributed by atoms with van der Waals surface area (Å²) in [6.45, 7) is 0. The fraction of sp³-hybridized carbons (Fsp3) is 0.200. The number of anilines is 1. The number of carbonyl (C=O) groups is 2. The molecule has 8 heteroatoms. The van der Waals surface area contributed by atoms with Crippen LogP contribution >= 0.6 is 11.6 Å². The quantitative estimate of drug-likeness (QED) is 0.834. The van der Waals surface area contributed by atoms with E-state index in [1.165, 1.54) is 17.0 Å². The van der Waals surface area contributed by atoms with Crippen LogP contribution in [0.5, 0.6) is 0 Å². The van der Waals surface area contributed by atoms with Crippen molar-refractivity contribution in [2.75, 3.05) is 5.32 Å². The van der Waals surface area contributed by atoms with Gasteiger partial charge in [0, 0.05) is 32.7 Å². The summed E-state index contributed by atoms with van der Waals surface area (Å²) in [5.41, 5.74) is 0. The zero-order valence-electron chi connectivity index (χ0n) is 9.72. The lowest BCUT2D eigenvalue weighted by Crippen LogP contribution is -2.17. The first-order chi connectivity index (χ1) is 8.49. The van der Waals surface area contributed by atoms with Crippen LogP contribution in [0.4, 0.5) is 5.82 Å². The first-order valence-corrected chi connectivity index (χ1v) is 5.38. The lowest BCUT2D eigenvalue weighted by atomic mass is 10.5. The van der Waals surface area contributed by atoms with E-state index in [9.17, 15) is 9.59 Å². The van der Waals surface area contributed by atoms with Crippen LogP contribution in [0, 0.1) is 0 Å². The topological polar surface area (TPSA) is 81.8 Å². The number of hydrogen-bond donors (Lipinski definition) is 1. The van der Waals surface area contributed by atoms with E-state index in [1.54, 1.807) is 24.9 Å². The van der Waals surface area contributed by atoms with Gasteiger partial charge in [-0.3, -0.25) is 9.59 Å². The molecule has 0 spiro atoms. The molecule has 1 amide bonds. The van der Waals surface area contributed by atoms with Crippen molar-refractivity contribution < 1.29 is 9.59 Å². The maximum absolute atomic E-state index is 11.8. The van der Waals surface area contributed by atoms with Crippen molar-refractivity contribution >= 4 is 28.6 Å². The molecule has 0 saturated carbocycles. The third kappa shape index (κ3) is 2.25. The van der Waals surface area contributed by atoms with Crippen molar-refractivity contribution in [3.8, 4) is 0 Å². The molecule has 0 radical (unpaired) electrons. The lowest BCUT2D eigenvalue weighted by molar-refractivity contribution is 0.101. The molecule has 0 unspecified atom stereocenters. The second-order valence-electron chi connectivity index (χ2n) is 3.65. The van der Waals surface area contributed by atoms with Gasteiger partial charge in [-0.1, -0.05) is 0 Å². The summed E-state index contributed by atoms with van der Waals surface area (Å²) in [4.78, 5) is 30.6. The number of rotatable bonds is 3. The monoisotopic (exact) mass is 267 g/mol. The van der Waals surface area contributed by atoms with Crippen LogP contribution in [0.25, 0.3) is 0 Å². The summed E-state index contributed by atoms with van der Waals surface area (Å²) >= 11 is 5.33. The first-order valence-electron chi connectivity index (χ1n) is 5.01. The Bertz CT molecular complexity index is 616. The zero-order chi connectivity index (χ0) is 13.3. The molecule has 0 aromatic carbocycles. The Balaban J connectivity index is 2.20. The first kappa shape index (κ1) is 12.3. The predicted octanol–water partition coefficient (Wildman–Crippen LogP) is 0.785. The standard InChI is InChI=1S/C10H10ClN5O2/c1-15-4-3-12-9(15)10(18)14-6-5-16(2)8(13-6)7(11)17/h3-5H,1-2H3,(H,14,18). The van der Waals surface area contributed by atoms with Crippen LogP contribution in [0.15, 0.2) is 18.6 Å². The van der Waals surface area contributed by atoms with E-state index in [2.05, 4.69) is 15.3 Å². The second kappa shape index (κ2) is 4.61. The average Bonchev–Trinajstić information content (AvgIpc) is 2.84. The number of imidazole rings is 2. The molecule has 0 bridgehead atoms. The van der Waals surface area contributed by atoms with Gasteiger partial charge < -0.3 is 14.5 Å². The van der Waals surface area contributed by atoms with Crippen molar-refractivity contribution in [1.29, 1.82) is 0 Å². The van der Waals surface area contributed by atoms with E-state index in [-0.39, 0.29) is 17.5 Å². The molecule has 2 aromatic rings. The van der Waals surface area contributed by atoms with E-state index in [0.717, 1.165) is 0 Å². The van der Waals surface area contributed by atoms with Gasteiger partial charge in [-0.25, -0.2) is 9.97 Å². The summed E-state index contributed by atoms with van der Waals surface area (Å²) in [6.07, 6.45) is 4.67. The highest BCUT2D eigenvalue weighted by molar-refractivity contribution is 6.67. The molecule has 18 heavy (non-hydrogen) atoms. The molecule has 0 saturated heterocycles. The Morgan fingerprint density at radius 2 is 2.00 bits per heavy atom. The van der Waals surface area contributed by atoms with Crippen molar-refractivity contribution in [2.24, 2.45) is 14.1 Å². The maximum Gasteiger partial charge on any atom is 0.292 e. The van der Waals surface area contributed by atoms with E-state index >= 15 is 0 Å². The SMILES string of the molecule is Cn1cc(NC(=O)c2nccn2C)nc1C(=O)Cl. The van der Waals surface area contributed by atoms with Gasteiger partial charge >= 0.3 is 0 Å². The van der Waals surface area contributed by atoms with Gasteiger partial charge in [0.2, 0.25) is 0 Å². The van der Waals surface area contributed by atoms with Crippen LogP contribution in [-0.2, 0) is 14.1 Å². The number of carbonyl (C=O) groups excluding carboxylic acids is 2. The number of amides is 1. The molecular formula is C10H10ClN5O2. The Hall–Kier alpha value is -2.15. The van der Waals surface area contributed by atoms with Gasteiger partial charge in [-0.2, -0.15) is 0 Å². The fourth-order valence-electron chi connectivity index (χ4n) is 1.47. The Morgan fingerprint density at radius 3 is 2.50 bits per heavy atom. The summed E-state index contributed by atoms with van der Waals surface area (Å²) in [6, 6.07) is 0. The fourth-order valence-corrected chi connectivity index (χ4v) is 1.64. The van der Waals surface area contributed by atoms with Crippen molar-refractivity contribution in [3.63, 3.8) is 0 Å². The molecule has 94 valence electrons. The maximum atomic E-state index is 11.8. The van der Waals surface area contributed by atoms with Gasteiger partial charge in [0.05, 0.1) is 0 Å². The van der Waals surface area contributed by atoms with Gasteiger partial charge in [-0.15, -0.1) is 0 Å². The highest BCUT2D eigenvalue weighted by atomic mass is 35.5. The average molecular weight is 268 g/mol. The van der Waals surface area contributed by atoms with Gasteiger partial charge in [-0.05, 0) is 11.6 Å². The van der Waals surface area contributed by atoms with Crippen molar-refractivity contribution in [2.45, 2.75) is 0 Å². The number of aryl methyl sites for hydroxylation is 2. The van der Waals surface area contributed by atoms with E-state index < -0.39 is 11.1 Å². The van der Waals surface area contributed by atoms with Gasteiger partial charge in [0.15, 0.2) is 17.5 Å². The minimum Gasteiger partial charge on any atom is -0.330 e. The highest BCUT2D eigenvalue weighted by Gasteiger charge is 2.15. The van der Waals surface area contributed by atoms with E-state index in [4.69, 9.17) is 11.6 Å². The molecule has 0 fully saturated rings. The van der Waals surface area contributed by atoms with Gasteiger partial charge in [0.1, 0.15) is 0 Å². The number of nitrogens with zero attached hydrogens (tertiary/aromatic N) is 4. The van der Waals surface area contributed by atoms with Crippen LogP contribution in [0.2, 0.25) is 0 Å². The summed E-state index contributed by atoms with van der Waals surface area (Å²) in [5, 5.41) is 1.85. The Labute approximate surface area is 107 Å².